The van der Waals surface area contributed by atoms with Gasteiger partial charge in [0.15, 0.2) is 0 Å². The van der Waals surface area contributed by atoms with E-state index in [1.54, 1.807) is 0 Å². The number of carbonyl (C=O) groups excluding carboxylic acids is 2. The molecule has 114 valence electrons. The predicted molar refractivity (Wildman–Crippen MR) is 74.4 cm³/mol. The number of amides is 1. The maximum atomic E-state index is 10.8. The van der Waals surface area contributed by atoms with E-state index < -0.39 is 0 Å². The molecular formula is C11H27N5O3. The maximum Gasteiger partial charge on any atom is 0.231 e. The molecule has 8 heteroatoms. The van der Waals surface area contributed by atoms with Crippen LogP contribution in [-0.2, 0) is 9.59 Å². The fourth-order valence-electron chi connectivity index (χ4n) is 1.54. The van der Waals surface area contributed by atoms with Crippen LogP contribution < -0.4 is 17.2 Å². The lowest BCUT2D eigenvalue weighted by Crippen LogP contribution is -2.43. The molecular weight excluding hydrogens is 250 g/mol. The second-order valence-corrected chi connectivity index (χ2v) is 3.79. The fourth-order valence-corrected chi connectivity index (χ4v) is 1.54. The number of nitrogens with two attached hydrogens (primary N) is 3. The number of hydrogen-bond donors (Lipinski definition) is 4. The molecule has 0 spiro atoms. The first kappa shape index (κ1) is 20.3. The van der Waals surface area contributed by atoms with Crippen molar-refractivity contribution < 1.29 is 14.7 Å². The molecule has 0 radical (unpaired) electrons. The molecule has 0 atom stereocenters. The Labute approximate surface area is 114 Å². The normalized spacial score (nSPS) is 10.2. The Hall–Kier alpha value is -1.06. The first-order valence-electron chi connectivity index (χ1n) is 6.15. The quantitative estimate of drug-likeness (QED) is 0.292. The third-order valence-electron chi connectivity index (χ3n) is 2.34. The van der Waals surface area contributed by atoms with Crippen molar-refractivity contribution in [3.8, 4) is 0 Å². The molecule has 19 heavy (non-hydrogen) atoms. The minimum atomic E-state index is -0.376. The van der Waals surface area contributed by atoms with Crippen molar-refractivity contribution in [3.05, 3.63) is 0 Å². The van der Waals surface area contributed by atoms with E-state index in [9.17, 15) is 9.59 Å². The van der Waals surface area contributed by atoms with Crippen molar-refractivity contribution in [2.75, 3.05) is 59.5 Å². The molecule has 0 saturated heterocycles. The average molecular weight is 277 g/mol. The Morgan fingerprint density at radius 3 is 1.95 bits per heavy atom. The Bertz CT molecular complexity index is 228. The van der Waals surface area contributed by atoms with Gasteiger partial charge in [-0.3, -0.25) is 14.6 Å². The molecule has 8 nitrogen and oxygen atoms in total. The van der Waals surface area contributed by atoms with Gasteiger partial charge in [0.05, 0.1) is 13.1 Å². The number of rotatable bonds is 11. The van der Waals surface area contributed by atoms with Crippen LogP contribution >= 0.6 is 0 Å². The second kappa shape index (κ2) is 15.0. The number of aldehydes is 1. The highest BCUT2D eigenvalue weighted by Gasteiger charge is 2.10. The molecule has 0 fully saturated rings. The zero-order chi connectivity index (χ0) is 15.1. The van der Waals surface area contributed by atoms with Crippen LogP contribution in [0.25, 0.3) is 0 Å². The lowest BCUT2D eigenvalue weighted by molar-refractivity contribution is -0.119. The van der Waals surface area contributed by atoms with Crippen molar-refractivity contribution in [2.45, 2.75) is 0 Å². The van der Waals surface area contributed by atoms with Gasteiger partial charge in [0, 0.05) is 46.4 Å². The highest BCUT2D eigenvalue weighted by Crippen LogP contribution is 1.91. The van der Waals surface area contributed by atoms with Crippen molar-refractivity contribution in [2.24, 2.45) is 17.2 Å². The molecule has 0 heterocycles. The largest absolute Gasteiger partial charge is 0.400 e. The number of aliphatic hydroxyl groups excluding tert-OH is 1. The van der Waals surface area contributed by atoms with E-state index in [4.69, 9.17) is 22.3 Å². The van der Waals surface area contributed by atoms with Crippen molar-refractivity contribution in [1.29, 1.82) is 0 Å². The first-order chi connectivity index (χ1) is 9.13. The third kappa shape index (κ3) is 13.2. The molecule has 0 aliphatic heterocycles. The monoisotopic (exact) mass is 277 g/mol. The smallest absolute Gasteiger partial charge is 0.231 e. The van der Waals surface area contributed by atoms with E-state index in [1.165, 1.54) is 0 Å². The highest BCUT2D eigenvalue weighted by molar-refractivity contribution is 5.75. The summed E-state index contributed by atoms with van der Waals surface area (Å²) in [7, 11) is 1.00. The van der Waals surface area contributed by atoms with E-state index in [0.29, 0.717) is 45.8 Å². The predicted octanol–water partition coefficient (Wildman–Crippen LogP) is -3.20. The van der Waals surface area contributed by atoms with Crippen LogP contribution in [0.1, 0.15) is 0 Å². The number of hydrogen-bond acceptors (Lipinski definition) is 7. The van der Waals surface area contributed by atoms with Crippen LogP contribution in [0.3, 0.4) is 0 Å². The summed E-state index contributed by atoms with van der Waals surface area (Å²) in [6.07, 6.45) is 0.844. The summed E-state index contributed by atoms with van der Waals surface area (Å²) in [6.45, 7) is 4.10. The van der Waals surface area contributed by atoms with E-state index in [1.807, 2.05) is 9.80 Å². The summed E-state index contributed by atoms with van der Waals surface area (Å²) in [5.74, 6) is -0.376. The number of primary amides is 1. The topological polar surface area (TPSA) is 139 Å². The molecule has 0 saturated carbocycles. The van der Waals surface area contributed by atoms with Gasteiger partial charge in [-0.1, -0.05) is 0 Å². The molecule has 0 bridgehead atoms. The van der Waals surface area contributed by atoms with Gasteiger partial charge in [-0.15, -0.1) is 0 Å². The molecule has 0 rings (SSSR count). The van der Waals surface area contributed by atoms with Crippen LogP contribution in [0.4, 0.5) is 0 Å². The fraction of sp³-hybridized carbons (Fsp3) is 0.818. The third-order valence-corrected chi connectivity index (χ3v) is 2.34. The van der Waals surface area contributed by atoms with Crippen LogP contribution in [-0.4, -0.2) is 86.6 Å². The van der Waals surface area contributed by atoms with Crippen LogP contribution in [0, 0.1) is 0 Å². The van der Waals surface area contributed by atoms with Gasteiger partial charge in [-0.05, 0) is 0 Å². The van der Waals surface area contributed by atoms with Crippen molar-refractivity contribution >= 4 is 12.2 Å². The van der Waals surface area contributed by atoms with E-state index >= 15 is 0 Å². The van der Waals surface area contributed by atoms with Gasteiger partial charge in [-0.25, -0.2) is 0 Å². The second-order valence-electron chi connectivity index (χ2n) is 3.79. The minimum absolute atomic E-state index is 0.189. The Morgan fingerprint density at radius 1 is 1.05 bits per heavy atom. The van der Waals surface area contributed by atoms with E-state index in [-0.39, 0.29) is 12.5 Å². The summed E-state index contributed by atoms with van der Waals surface area (Å²) >= 11 is 0. The van der Waals surface area contributed by atoms with Crippen LogP contribution in [0.15, 0.2) is 0 Å². The Kier molecular flexibility index (Phi) is 16.0. The number of nitrogens with zero attached hydrogens (tertiary/aromatic N) is 2. The molecule has 0 unspecified atom stereocenters. The molecule has 1 amide bonds. The first-order valence-corrected chi connectivity index (χ1v) is 6.15. The lowest BCUT2D eigenvalue weighted by Gasteiger charge is -2.24. The summed E-state index contributed by atoms with van der Waals surface area (Å²) in [4.78, 5) is 25.1. The van der Waals surface area contributed by atoms with Crippen LogP contribution in [0.2, 0.25) is 0 Å². The molecule has 0 aliphatic rings. The highest BCUT2D eigenvalue weighted by atomic mass is 16.2. The standard InChI is InChI=1S/C10H23N5O2.CH4O/c11-1-3-14(7-8-16)5-6-15(4-2-12)9-10(13)17;1-2/h8H,1-7,9,11-12H2,(H2,13,17);2H,1H3. The zero-order valence-electron chi connectivity index (χ0n) is 11.6. The Balaban J connectivity index is 0. The van der Waals surface area contributed by atoms with Gasteiger partial charge in [-0.2, -0.15) is 0 Å². The summed E-state index contributed by atoms with van der Waals surface area (Å²) in [5, 5.41) is 7.00. The zero-order valence-corrected chi connectivity index (χ0v) is 11.6. The van der Waals surface area contributed by atoms with Gasteiger partial charge in [0.1, 0.15) is 6.29 Å². The molecule has 0 aliphatic carbocycles. The SMILES string of the molecule is CO.NCCN(CC=O)CCN(CCN)CC(N)=O. The van der Waals surface area contributed by atoms with Crippen molar-refractivity contribution in [1.82, 2.24) is 9.80 Å². The summed E-state index contributed by atoms with van der Waals surface area (Å²) in [6, 6.07) is 0. The van der Waals surface area contributed by atoms with Gasteiger partial charge in [0.2, 0.25) is 5.91 Å². The van der Waals surface area contributed by atoms with Crippen molar-refractivity contribution in [3.63, 3.8) is 0 Å². The molecule has 0 aromatic rings. The summed E-state index contributed by atoms with van der Waals surface area (Å²) in [5.41, 5.74) is 16.0. The van der Waals surface area contributed by atoms with Gasteiger partial charge in [0.25, 0.3) is 0 Å². The average Bonchev–Trinajstić information content (AvgIpc) is 2.38. The van der Waals surface area contributed by atoms with Crippen LogP contribution in [0.5, 0.6) is 0 Å². The molecule has 7 N–H and O–H groups in total. The van der Waals surface area contributed by atoms with E-state index in [0.717, 1.165) is 13.4 Å². The van der Waals surface area contributed by atoms with E-state index in [2.05, 4.69) is 0 Å². The van der Waals surface area contributed by atoms with Gasteiger partial charge >= 0.3 is 0 Å². The van der Waals surface area contributed by atoms with Gasteiger partial charge < -0.3 is 27.1 Å². The maximum absolute atomic E-state index is 10.8. The number of carbonyl (C=O) groups is 2. The molecule has 0 aromatic carbocycles. The number of aliphatic hydroxyl groups is 1. The lowest BCUT2D eigenvalue weighted by atomic mass is 10.4. The Morgan fingerprint density at radius 2 is 1.53 bits per heavy atom. The molecule has 0 aromatic heterocycles. The minimum Gasteiger partial charge on any atom is -0.400 e. The summed E-state index contributed by atoms with van der Waals surface area (Å²) < 4.78 is 0.